The summed E-state index contributed by atoms with van der Waals surface area (Å²) in [6, 6.07) is 13.5. The Balaban J connectivity index is 1.65. The number of rotatable bonds is 5. The van der Waals surface area contributed by atoms with E-state index in [1.54, 1.807) is 12.0 Å². The molecule has 5 heteroatoms. The highest BCUT2D eigenvalue weighted by Crippen LogP contribution is 2.25. The molecule has 2 aromatic rings. The van der Waals surface area contributed by atoms with Crippen molar-refractivity contribution in [2.45, 2.75) is 26.8 Å². The Morgan fingerprint density at radius 2 is 1.96 bits per heavy atom. The van der Waals surface area contributed by atoms with Crippen molar-refractivity contribution in [1.82, 2.24) is 4.90 Å². The number of anilines is 1. The number of amides is 2. The first kappa shape index (κ1) is 18.0. The second-order valence-electron chi connectivity index (χ2n) is 6.78. The highest BCUT2D eigenvalue weighted by atomic mass is 16.5. The molecule has 0 aliphatic carbocycles. The van der Waals surface area contributed by atoms with Gasteiger partial charge in [-0.2, -0.15) is 0 Å². The summed E-state index contributed by atoms with van der Waals surface area (Å²) in [7, 11) is 1.62. The Kier molecular flexibility index (Phi) is 5.26. The maximum Gasteiger partial charge on any atom is 0.229 e. The molecule has 0 saturated carbocycles. The van der Waals surface area contributed by atoms with Crippen LogP contribution in [0.4, 0.5) is 5.69 Å². The van der Waals surface area contributed by atoms with E-state index in [1.807, 2.05) is 56.3 Å². The Hall–Kier alpha value is -2.82. The van der Waals surface area contributed by atoms with Crippen LogP contribution in [0.1, 0.15) is 23.1 Å². The van der Waals surface area contributed by atoms with Gasteiger partial charge in [-0.3, -0.25) is 9.59 Å². The monoisotopic (exact) mass is 352 g/mol. The van der Waals surface area contributed by atoms with Crippen molar-refractivity contribution in [3.8, 4) is 5.75 Å². The van der Waals surface area contributed by atoms with Gasteiger partial charge in [0.2, 0.25) is 11.8 Å². The van der Waals surface area contributed by atoms with Crippen molar-refractivity contribution >= 4 is 17.5 Å². The number of methoxy groups -OCH3 is 1. The molecule has 1 saturated heterocycles. The van der Waals surface area contributed by atoms with Crippen LogP contribution >= 0.6 is 0 Å². The van der Waals surface area contributed by atoms with Crippen LogP contribution in [0.5, 0.6) is 5.75 Å². The van der Waals surface area contributed by atoms with Crippen LogP contribution < -0.4 is 10.1 Å². The lowest BCUT2D eigenvalue weighted by Gasteiger charge is -2.18. The minimum atomic E-state index is -0.334. The van der Waals surface area contributed by atoms with Crippen molar-refractivity contribution < 1.29 is 14.3 Å². The molecule has 0 bridgehead atoms. The van der Waals surface area contributed by atoms with Crippen LogP contribution in [0.25, 0.3) is 0 Å². The number of hydrogen-bond donors (Lipinski definition) is 1. The summed E-state index contributed by atoms with van der Waals surface area (Å²) in [4.78, 5) is 26.6. The average molecular weight is 352 g/mol. The molecule has 2 aromatic carbocycles. The minimum absolute atomic E-state index is 0.00357. The third-order valence-electron chi connectivity index (χ3n) is 4.91. The number of nitrogens with zero attached hydrogens (tertiary/aromatic N) is 1. The predicted molar refractivity (Wildman–Crippen MR) is 101 cm³/mol. The summed E-state index contributed by atoms with van der Waals surface area (Å²) in [5.41, 5.74) is 4.03. The molecule has 136 valence electrons. The third-order valence-corrected chi connectivity index (χ3v) is 4.91. The molecule has 1 aliphatic heterocycles. The summed E-state index contributed by atoms with van der Waals surface area (Å²) in [5, 5.41) is 2.94. The van der Waals surface area contributed by atoms with E-state index in [9.17, 15) is 9.59 Å². The van der Waals surface area contributed by atoms with Gasteiger partial charge in [-0.15, -0.1) is 0 Å². The van der Waals surface area contributed by atoms with Gasteiger partial charge in [0.25, 0.3) is 0 Å². The zero-order valence-corrected chi connectivity index (χ0v) is 15.4. The molecule has 0 spiro atoms. The van der Waals surface area contributed by atoms with Crippen LogP contribution in [0.2, 0.25) is 0 Å². The molecule has 3 rings (SSSR count). The Bertz CT molecular complexity index is 832. The summed E-state index contributed by atoms with van der Waals surface area (Å²) < 4.78 is 5.35. The van der Waals surface area contributed by atoms with E-state index in [1.165, 1.54) is 5.56 Å². The van der Waals surface area contributed by atoms with Gasteiger partial charge >= 0.3 is 0 Å². The standard InChI is InChI=1S/C21H24N2O3/c1-14-8-9-18(10-15(14)2)22-21(25)17-11-20(24)23(13-17)12-16-6-4-5-7-19(16)26-3/h4-10,17H,11-13H2,1-3H3,(H,22,25). The fourth-order valence-electron chi connectivity index (χ4n) is 3.20. The summed E-state index contributed by atoms with van der Waals surface area (Å²) in [5.74, 6) is 0.308. The largest absolute Gasteiger partial charge is 0.496 e. The Morgan fingerprint density at radius 3 is 2.69 bits per heavy atom. The number of carbonyl (C=O) groups is 2. The van der Waals surface area contributed by atoms with Crippen LogP contribution in [0.15, 0.2) is 42.5 Å². The van der Waals surface area contributed by atoms with Gasteiger partial charge in [0.15, 0.2) is 0 Å². The Labute approximate surface area is 154 Å². The van der Waals surface area contributed by atoms with Crippen molar-refractivity contribution in [2.24, 2.45) is 5.92 Å². The van der Waals surface area contributed by atoms with Gasteiger partial charge in [-0.25, -0.2) is 0 Å². The molecule has 5 nitrogen and oxygen atoms in total. The number of benzene rings is 2. The molecular weight excluding hydrogens is 328 g/mol. The fraction of sp³-hybridized carbons (Fsp3) is 0.333. The average Bonchev–Trinajstić information content (AvgIpc) is 2.99. The van der Waals surface area contributed by atoms with Crippen molar-refractivity contribution in [1.29, 1.82) is 0 Å². The summed E-state index contributed by atoms with van der Waals surface area (Å²) in [6.45, 7) is 4.93. The molecule has 1 atom stereocenters. The molecule has 1 heterocycles. The first-order valence-corrected chi connectivity index (χ1v) is 8.75. The first-order valence-electron chi connectivity index (χ1n) is 8.75. The molecule has 1 N–H and O–H groups in total. The number of aryl methyl sites for hydroxylation is 2. The minimum Gasteiger partial charge on any atom is -0.496 e. The lowest BCUT2D eigenvalue weighted by molar-refractivity contribution is -0.128. The number of hydrogen-bond acceptors (Lipinski definition) is 3. The number of nitrogens with one attached hydrogen (secondary N) is 1. The molecule has 1 unspecified atom stereocenters. The van der Waals surface area contributed by atoms with E-state index < -0.39 is 0 Å². The second-order valence-corrected chi connectivity index (χ2v) is 6.78. The molecule has 1 fully saturated rings. The SMILES string of the molecule is COc1ccccc1CN1CC(C(=O)Nc2ccc(C)c(C)c2)CC1=O. The smallest absolute Gasteiger partial charge is 0.229 e. The molecular formula is C21H24N2O3. The van der Waals surface area contributed by atoms with E-state index in [2.05, 4.69) is 5.32 Å². The van der Waals surface area contributed by atoms with Crippen LogP contribution in [-0.4, -0.2) is 30.4 Å². The molecule has 1 aliphatic rings. The second kappa shape index (κ2) is 7.60. The van der Waals surface area contributed by atoms with E-state index in [0.717, 1.165) is 22.6 Å². The van der Waals surface area contributed by atoms with Crippen LogP contribution in [0.3, 0.4) is 0 Å². The lowest BCUT2D eigenvalue weighted by atomic mass is 10.1. The van der Waals surface area contributed by atoms with Crippen LogP contribution in [0, 0.1) is 19.8 Å². The van der Waals surface area contributed by atoms with Crippen LogP contribution in [-0.2, 0) is 16.1 Å². The normalized spacial score (nSPS) is 16.7. The maximum atomic E-state index is 12.6. The molecule has 0 aromatic heterocycles. The lowest BCUT2D eigenvalue weighted by Crippen LogP contribution is -2.28. The van der Waals surface area contributed by atoms with Gasteiger partial charge < -0.3 is 15.0 Å². The highest BCUT2D eigenvalue weighted by Gasteiger charge is 2.34. The number of para-hydroxylation sites is 1. The van der Waals surface area contributed by atoms with Crippen molar-refractivity contribution in [3.05, 3.63) is 59.2 Å². The van der Waals surface area contributed by atoms with Gasteiger partial charge in [0.05, 0.1) is 13.0 Å². The van der Waals surface area contributed by atoms with E-state index >= 15 is 0 Å². The first-order chi connectivity index (χ1) is 12.5. The summed E-state index contributed by atoms with van der Waals surface area (Å²) in [6.07, 6.45) is 0.242. The van der Waals surface area contributed by atoms with E-state index in [-0.39, 0.29) is 24.2 Å². The molecule has 26 heavy (non-hydrogen) atoms. The number of likely N-dealkylation sites (tertiary alicyclic amines) is 1. The number of carbonyl (C=O) groups excluding carboxylic acids is 2. The quantitative estimate of drug-likeness (QED) is 0.898. The fourth-order valence-corrected chi connectivity index (χ4v) is 3.20. The topological polar surface area (TPSA) is 58.6 Å². The maximum absolute atomic E-state index is 12.6. The summed E-state index contributed by atoms with van der Waals surface area (Å²) >= 11 is 0. The van der Waals surface area contributed by atoms with Gasteiger partial charge in [0.1, 0.15) is 5.75 Å². The van der Waals surface area contributed by atoms with Crippen molar-refractivity contribution in [3.63, 3.8) is 0 Å². The zero-order valence-electron chi connectivity index (χ0n) is 15.4. The van der Waals surface area contributed by atoms with Gasteiger partial charge in [0, 0.05) is 30.8 Å². The molecule has 0 radical (unpaired) electrons. The predicted octanol–water partition coefficient (Wildman–Crippen LogP) is 3.30. The third kappa shape index (κ3) is 3.87. The van der Waals surface area contributed by atoms with E-state index in [0.29, 0.717) is 13.1 Å². The van der Waals surface area contributed by atoms with Crippen molar-refractivity contribution in [2.75, 3.05) is 19.0 Å². The number of ether oxygens (including phenoxy) is 1. The van der Waals surface area contributed by atoms with E-state index in [4.69, 9.17) is 4.74 Å². The Morgan fingerprint density at radius 1 is 1.19 bits per heavy atom. The van der Waals surface area contributed by atoms with Gasteiger partial charge in [-0.05, 0) is 43.2 Å². The zero-order chi connectivity index (χ0) is 18.7. The highest BCUT2D eigenvalue weighted by molar-refractivity contribution is 5.97. The van der Waals surface area contributed by atoms with Gasteiger partial charge in [-0.1, -0.05) is 24.3 Å². The molecule has 2 amide bonds.